The van der Waals surface area contributed by atoms with Crippen LogP contribution in [0.1, 0.15) is 40.1 Å². The number of anilines is 1. The Labute approximate surface area is 139 Å². The van der Waals surface area contributed by atoms with Crippen LogP contribution in [0.3, 0.4) is 0 Å². The summed E-state index contributed by atoms with van der Waals surface area (Å²) < 4.78 is 14.3. The van der Waals surface area contributed by atoms with Crippen LogP contribution in [0.15, 0.2) is 30.3 Å². The normalized spacial score (nSPS) is 12.9. The minimum absolute atomic E-state index is 0.0492. The second kappa shape index (κ2) is 5.96. The molecule has 2 aromatic carbocycles. The molecule has 124 valence electrons. The van der Waals surface area contributed by atoms with Crippen molar-refractivity contribution in [2.75, 3.05) is 5.73 Å². The van der Waals surface area contributed by atoms with Gasteiger partial charge in [-0.05, 0) is 49.2 Å². The maximum atomic E-state index is 14.3. The van der Waals surface area contributed by atoms with Crippen LogP contribution in [-0.2, 0) is 6.54 Å². The highest BCUT2D eigenvalue weighted by atomic mass is 19.1. The van der Waals surface area contributed by atoms with Gasteiger partial charge in [0.05, 0.1) is 11.1 Å². The molecule has 0 fully saturated rings. The average Bonchev–Trinajstić information content (AvgIpc) is 2.88. The lowest BCUT2D eigenvalue weighted by molar-refractivity contribution is 0.0920. The van der Waals surface area contributed by atoms with E-state index in [0.29, 0.717) is 33.5 Å². The van der Waals surface area contributed by atoms with Crippen LogP contribution >= 0.6 is 0 Å². The molecule has 3 rings (SSSR count). The monoisotopic (exact) mass is 327 g/mol. The number of carbonyl (C=O) groups is 2. The molecule has 0 bridgehead atoms. The van der Waals surface area contributed by atoms with E-state index in [4.69, 9.17) is 5.73 Å². The summed E-state index contributed by atoms with van der Waals surface area (Å²) in [5, 5.41) is 5.49. The van der Waals surface area contributed by atoms with Gasteiger partial charge in [0.2, 0.25) is 0 Å². The molecule has 6 heteroatoms. The van der Waals surface area contributed by atoms with Crippen molar-refractivity contribution in [3.05, 3.63) is 52.8 Å². The molecule has 0 atom stereocenters. The van der Waals surface area contributed by atoms with Gasteiger partial charge in [0.1, 0.15) is 5.82 Å². The third-order valence-electron chi connectivity index (χ3n) is 3.91. The largest absolute Gasteiger partial charge is 0.399 e. The first kappa shape index (κ1) is 16.0. The maximum Gasteiger partial charge on any atom is 0.252 e. The highest BCUT2D eigenvalue weighted by Gasteiger charge is 2.29. The predicted molar refractivity (Wildman–Crippen MR) is 90.0 cm³/mol. The van der Waals surface area contributed by atoms with Gasteiger partial charge in [-0.2, -0.15) is 0 Å². The molecule has 1 aliphatic heterocycles. The average molecular weight is 327 g/mol. The van der Waals surface area contributed by atoms with E-state index in [0.717, 1.165) is 0 Å². The van der Waals surface area contributed by atoms with Crippen LogP contribution in [0.2, 0.25) is 0 Å². The number of rotatable bonds is 3. The first-order valence-electron chi connectivity index (χ1n) is 7.69. The number of carbonyl (C=O) groups excluding carboxylic acids is 2. The van der Waals surface area contributed by atoms with Gasteiger partial charge >= 0.3 is 0 Å². The number of halogens is 1. The number of hydrogen-bond donors (Lipinski definition) is 3. The van der Waals surface area contributed by atoms with E-state index in [1.165, 1.54) is 6.07 Å². The van der Waals surface area contributed by atoms with E-state index in [9.17, 15) is 14.0 Å². The van der Waals surface area contributed by atoms with Crippen molar-refractivity contribution in [2.24, 2.45) is 0 Å². The lowest BCUT2D eigenvalue weighted by Crippen LogP contribution is -2.31. The lowest BCUT2D eigenvalue weighted by atomic mass is 9.92. The quantitative estimate of drug-likeness (QED) is 0.757. The standard InChI is InChI=1S/C18H18FN3O2/c1-9(2)22-17(23)13-6-5-11(14-8-21-18(24)16(13)14)12-4-3-10(20)7-15(12)19/h3-7,9H,8,20H2,1-2H3,(H,21,24)(H,22,23). The molecule has 5 nitrogen and oxygen atoms in total. The molecule has 0 saturated carbocycles. The smallest absolute Gasteiger partial charge is 0.252 e. The molecule has 0 radical (unpaired) electrons. The maximum absolute atomic E-state index is 14.3. The SMILES string of the molecule is CC(C)NC(=O)c1ccc(-c2ccc(N)cc2F)c2c1C(=O)NC2. The molecule has 1 aliphatic rings. The zero-order chi connectivity index (χ0) is 17.4. The Morgan fingerprint density at radius 1 is 1.25 bits per heavy atom. The van der Waals surface area contributed by atoms with Gasteiger partial charge in [-0.1, -0.05) is 6.07 Å². The molecule has 0 unspecified atom stereocenters. The van der Waals surface area contributed by atoms with E-state index < -0.39 is 5.82 Å². The molecule has 4 N–H and O–H groups in total. The minimum atomic E-state index is -0.462. The third-order valence-corrected chi connectivity index (χ3v) is 3.91. The van der Waals surface area contributed by atoms with Gasteiger partial charge < -0.3 is 16.4 Å². The van der Waals surface area contributed by atoms with Crippen molar-refractivity contribution >= 4 is 17.5 Å². The zero-order valence-electron chi connectivity index (χ0n) is 13.4. The Balaban J connectivity index is 2.15. The van der Waals surface area contributed by atoms with Gasteiger partial charge in [0.25, 0.3) is 11.8 Å². The molecule has 2 amide bonds. The van der Waals surface area contributed by atoms with Crippen LogP contribution in [0, 0.1) is 5.82 Å². The van der Waals surface area contributed by atoms with Crippen LogP contribution < -0.4 is 16.4 Å². The van der Waals surface area contributed by atoms with Crippen molar-refractivity contribution in [3.63, 3.8) is 0 Å². The first-order chi connectivity index (χ1) is 11.4. The lowest BCUT2D eigenvalue weighted by Gasteiger charge is -2.14. The van der Waals surface area contributed by atoms with Crippen LogP contribution in [0.5, 0.6) is 0 Å². The van der Waals surface area contributed by atoms with Gasteiger partial charge in [0.15, 0.2) is 0 Å². The fourth-order valence-electron chi connectivity index (χ4n) is 2.88. The Hall–Kier alpha value is -2.89. The highest BCUT2D eigenvalue weighted by Crippen LogP contribution is 2.33. The van der Waals surface area contributed by atoms with Crippen LogP contribution in [-0.4, -0.2) is 17.9 Å². The van der Waals surface area contributed by atoms with Crippen molar-refractivity contribution in [1.82, 2.24) is 10.6 Å². The van der Waals surface area contributed by atoms with E-state index in [1.807, 2.05) is 13.8 Å². The molecule has 2 aromatic rings. The second-order valence-corrected chi connectivity index (χ2v) is 6.06. The number of fused-ring (bicyclic) bond motifs is 1. The summed E-state index contributed by atoms with van der Waals surface area (Å²) in [5.74, 6) is -1.10. The van der Waals surface area contributed by atoms with Crippen LogP contribution in [0.4, 0.5) is 10.1 Å². The summed E-state index contributed by atoms with van der Waals surface area (Å²) in [6, 6.07) is 7.61. The number of nitrogens with one attached hydrogen (secondary N) is 2. The van der Waals surface area contributed by atoms with Crippen molar-refractivity contribution < 1.29 is 14.0 Å². The Morgan fingerprint density at radius 3 is 2.62 bits per heavy atom. The topological polar surface area (TPSA) is 84.2 Å². The number of nitrogen functional groups attached to an aromatic ring is 1. The molecule has 0 aromatic heterocycles. The van der Waals surface area contributed by atoms with E-state index in [-0.39, 0.29) is 24.4 Å². The van der Waals surface area contributed by atoms with E-state index >= 15 is 0 Å². The summed E-state index contributed by atoms with van der Waals surface area (Å²) in [4.78, 5) is 24.5. The number of amides is 2. The van der Waals surface area contributed by atoms with E-state index in [2.05, 4.69) is 10.6 Å². The number of hydrogen-bond acceptors (Lipinski definition) is 3. The highest BCUT2D eigenvalue weighted by molar-refractivity contribution is 6.11. The van der Waals surface area contributed by atoms with Crippen molar-refractivity contribution in [2.45, 2.75) is 26.4 Å². The van der Waals surface area contributed by atoms with Gasteiger partial charge in [0, 0.05) is 23.8 Å². The fourth-order valence-corrected chi connectivity index (χ4v) is 2.88. The summed E-state index contributed by atoms with van der Waals surface area (Å²) in [6.07, 6.45) is 0. The molecule has 1 heterocycles. The molecular weight excluding hydrogens is 309 g/mol. The Bertz CT molecular complexity index is 846. The number of nitrogens with two attached hydrogens (primary N) is 1. The van der Waals surface area contributed by atoms with E-state index in [1.54, 1.807) is 24.3 Å². The molecule has 0 saturated heterocycles. The fraction of sp³-hybridized carbons (Fsp3) is 0.222. The van der Waals surface area contributed by atoms with Gasteiger partial charge in [-0.15, -0.1) is 0 Å². The molecule has 24 heavy (non-hydrogen) atoms. The summed E-state index contributed by atoms with van der Waals surface area (Å²) in [6.45, 7) is 3.95. The minimum Gasteiger partial charge on any atom is -0.399 e. The van der Waals surface area contributed by atoms with Crippen molar-refractivity contribution in [3.8, 4) is 11.1 Å². The molecular formula is C18H18FN3O2. The summed E-state index contributed by atoms with van der Waals surface area (Å²) in [5.41, 5.74) is 8.09. The first-order valence-corrected chi connectivity index (χ1v) is 7.69. The predicted octanol–water partition coefficient (Wildman–Crippen LogP) is 2.46. The summed E-state index contributed by atoms with van der Waals surface area (Å²) >= 11 is 0. The molecule has 0 spiro atoms. The van der Waals surface area contributed by atoms with Crippen molar-refractivity contribution in [1.29, 1.82) is 0 Å². The third kappa shape index (κ3) is 2.71. The summed E-state index contributed by atoms with van der Waals surface area (Å²) in [7, 11) is 0. The van der Waals surface area contributed by atoms with Gasteiger partial charge in [-0.25, -0.2) is 4.39 Å². The Morgan fingerprint density at radius 2 is 1.96 bits per heavy atom. The van der Waals surface area contributed by atoms with Crippen LogP contribution in [0.25, 0.3) is 11.1 Å². The second-order valence-electron chi connectivity index (χ2n) is 6.06. The Kier molecular flexibility index (Phi) is 3.97. The molecule has 0 aliphatic carbocycles. The van der Waals surface area contributed by atoms with Gasteiger partial charge in [-0.3, -0.25) is 9.59 Å². The number of benzene rings is 2. The zero-order valence-corrected chi connectivity index (χ0v) is 13.4.